The molecule has 3 aromatic rings. The summed E-state index contributed by atoms with van der Waals surface area (Å²) in [4.78, 5) is 34.6. The van der Waals surface area contributed by atoms with Crippen molar-refractivity contribution >= 4 is 22.8 Å². The molecule has 3 heterocycles. The zero-order valence-electron chi connectivity index (χ0n) is 26.9. The molecule has 1 amide bonds. The Morgan fingerprint density at radius 3 is 2.44 bits per heavy atom. The molecular weight excluding hydrogens is 629 g/mol. The Balaban J connectivity index is 1.18. The second-order valence-electron chi connectivity index (χ2n) is 14.0. The van der Waals surface area contributed by atoms with E-state index in [-0.39, 0.29) is 17.7 Å². The first-order valence-corrected chi connectivity index (χ1v) is 16.9. The van der Waals surface area contributed by atoms with Crippen molar-refractivity contribution in [3.05, 3.63) is 41.9 Å². The van der Waals surface area contributed by atoms with Gasteiger partial charge in [-0.3, -0.25) is 4.79 Å². The Hall–Kier alpha value is -3.71. The van der Waals surface area contributed by atoms with Crippen molar-refractivity contribution in [2.24, 2.45) is 29.6 Å². The van der Waals surface area contributed by atoms with Gasteiger partial charge < -0.3 is 29.2 Å². The fraction of sp³-hybridized carbons (Fsp3) is 0.600. The molecule has 5 fully saturated rings. The second kappa shape index (κ2) is 13.0. The first kappa shape index (κ1) is 32.8. The maximum atomic E-state index is 14.6. The Labute approximate surface area is 276 Å². The number of nitrogens with zero attached hydrogens (tertiary/aromatic N) is 3. The van der Waals surface area contributed by atoms with Gasteiger partial charge in [0.05, 0.1) is 24.3 Å². The van der Waals surface area contributed by atoms with Crippen molar-refractivity contribution < 1.29 is 42.1 Å². The Bertz CT molecular complexity index is 1660. The highest BCUT2D eigenvalue weighted by molar-refractivity contribution is 6.00. The Kier molecular flexibility index (Phi) is 8.86. The predicted molar refractivity (Wildman–Crippen MR) is 168 cm³/mol. The molecule has 0 unspecified atom stereocenters. The van der Waals surface area contributed by atoms with E-state index in [2.05, 4.69) is 15.3 Å². The normalized spacial score (nSPS) is 27.0. The van der Waals surface area contributed by atoms with E-state index in [9.17, 15) is 27.9 Å². The summed E-state index contributed by atoms with van der Waals surface area (Å²) < 4.78 is 62.4. The van der Waals surface area contributed by atoms with Crippen LogP contribution in [0.25, 0.3) is 22.3 Å². The van der Waals surface area contributed by atoms with E-state index in [4.69, 9.17) is 14.2 Å². The molecular formula is C35H41F3N4O6. The quantitative estimate of drug-likeness (QED) is 0.256. The van der Waals surface area contributed by atoms with E-state index in [0.717, 1.165) is 50.6 Å². The summed E-state index contributed by atoms with van der Waals surface area (Å²) in [7, 11) is 1.57. The zero-order chi connectivity index (χ0) is 33.6. The van der Waals surface area contributed by atoms with Gasteiger partial charge in [0.1, 0.15) is 11.3 Å². The third-order valence-corrected chi connectivity index (χ3v) is 11.2. The van der Waals surface area contributed by atoms with Crippen LogP contribution in [0.5, 0.6) is 5.75 Å². The van der Waals surface area contributed by atoms with Crippen molar-refractivity contribution in [3.63, 3.8) is 0 Å². The highest BCUT2D eigenvalue weighted by Crippen LogP contribution is 2.58. The molecule has 1 saturated heterocycles. The number of hydrogen-bond donors (Lipinski definition) is 2. The summed E-state index contributed by atoms with van der Waals surface area (Å²) >= 11 is 0. The minimum absolute atomic E-state index is 0.198. The van der Waals surface area contributed by atoms with Crippen LogP contribution < -0.4 is 10.1 Å². The molecule has 4 saturated carbocycles. The van der Waals surface area contributed by atoms with Gasteiger partial charge in [0.15, 0.2) is 11.5 Å². The summed E-state index contributed by atoms with van der Waals surface area (Å²) in [5.74, 6) is -1.16. The van der Waals surface area contributed by atoms with Gasteiger partial charge in [-0.25, -0.2) is 14.8 Å². The van der Waals surface area contributed by atoms with Crippen LogP contribution >= 0.6 is 0 Å². The minimum Gasteiger partial charge on any atom is -0.494 e. The SMILES string of the molecule is COCCn1cc(-c2ncc(C(=O)NC3(C(=O)O)C4CC5CC(C4)CC3C5)c(C(F)(F)F)n2)c2ccc(OCCC3CCOCC3)cc21. The molecule has 1 aromatic carbocycles. The van der Waals surface area contributed by atoms with Gasteiger partial charge in [0.2, 0.25) is 0 Å². The topological polar surface area (TPSA) is 125 Å². The fourth-order valence-corrected chi connectivity index (χ4v) is 8.98. The molecule has 5 aliphatic rings. The number of nitrogens with one attached hydrogen (secondary N) is 1. The molecule has 8 rings (SSSR count). The number of amides is 1. The Morgan fingerprint density at radius 2 is 1.79 bits per heavy atom. The molecule has 4 aliphatic carbocycles. The highest BCUT2D eigenvalue weighted by atomic mass is 19.4. The number of carbonyl (C=O) groups is 2. The molecule has 13 heteroatoms. The summed E-state index contributed by atoms with van der Waals surface area (Å²) in [6.07, 6.45) is 4.13. The molecule has 2 aromatic heterocycles. The lowest BCUT2D eigenvalue weighted by Gasteiger charge is -2.59. The van der Waals surface area contributed by atoms with Crippen LogP contribution in [0.15, 0.2) is 30.6 Å². The van der Waals surface area contributed by atoms with Crippen LogP contribution in [-0.2, 0) is 27.0 Å². The number of carboxylic acid groups (broad SMARTS) is 1. The number of halogens is 3. The van der Waals surface area contributed by atoms with E-state index in [1.54, 1.807) is 25.4 Å². The van der Waals surface area contributed by atoms with Crippen molar-refractivity contribution in [2.75, 3.05) is 33.5 Å². The molecule has 48 heavy (non-hydrogen) atoms. The lowest BCUT2D eigenvalue weighted by molar-refractivity contribution is -0.163. The first-order chi connectivity index (χ1) is 23.1. The molecule has 0 radical (unpaired) electrons. The number of carboxylic acids is 1. The van der Waals surface area contributed by atoms with Gasteiger partial charge in [-0.1, -0.05) is 0 Å². The van der Waals surface area contributed by atoms with E-state index in [1.165, 1.54) is 0 Å². The lowest BCUT2D eigenvalue weighted by atomic mass is 9.48. The molecule has 2 N–H and O–H groups in total. The van der Waals surface area contributed by atoms with Crippen LogP contribution in [0.4, 0.5) is 13.2 Å². The number of rotatable bonds is 11. The van der Waals surface area contributed by atoms with Gasteiger partial charge >= 0.3 is 12.1 Å². The van der Waals surface area contributed by atoms with Crippen molar-refractivity contribution in [1.29, 1.82) is 0 Å². The number of alkyl halides is 3. The fourth-order valence-electron chi connectivity index (χ4n) is 8.98. The van der Waals surface area contributed by atoms with Crippen molar-refractivity contribution in [2.45, 2.75) is 69.6 Å². The standard InChI is InChI=1S/C35H41F3N4O6/c1-46-11-7-42-19-28(26-3-2-25(17-29(26)42)48-10-6-20-4-8-47-9-5-20)31-39-18-27(30(40-31)35(36,37)38)32(43)41-34(33(44)45)23-13-21-12-22(15-23)16-24(34)14-21/h2-3,17-24H,4-16H2,1H3,(H,41,43)(H,44,45). The number of fused-ring (bicyclic) bond motifs is 1. The summed E-state index contributed by atoms with van der Waals surface area (Å²) in [5, 5.41) is 13.6. The van der Waals surface area contributed by atoms with E-state index in [1.807, 2.05) is 10.6 Å². The maximum Gasteiger partial charge on any atom is 0.434 e. The summed E-state index contributed by atoms with van der Waals surface area (Å²) in [5.41, 5.74) is -2.72. The second-order valence-corrected chi connectivity index (χ2v) is 14.0. The number of methoxy groups -OCH3 is 1. The third kappa shape index (κ3) is 6.04. The van der Waals surface area contributed by atoms with Gasteiger partial charge in [0.25, 0.3) is 5.91 Å². The summed E-state index contributed by atoms with van der Waals surface area (Å²) in [6, 6.07) is 5.40. The van der Waals surface area contributed by atoms with Crippen molar-refractivity contribution in [3.8, 4) is 17.1 Å². The molecule has 10 nitrogen and oxygen atoms in total. The molecule has 0 atom stereocenters. The van der Waals surface area contributed by atoms with Crippen LogP contribution in [0, 0.1) is 29.6 Å². The molecule has 4 bridgehead atoms. The number of hydrogen-bond acceptors (Lipinski definition) is 7. The molecule has 1 aliphatic heterocycles. The predicted octanol–water partition coefficient (Wildman–Crippen LogP) is 5.97. The van der Waals surface area contributed by atoms with E-state index < -0.39 is 34.8 Å². The number of aliphatic carboxylic acids is 1. The van der Waals surface area contributed by atoms with Crippen LogP contribution in [0.3, 0.4) is 0 Å². The summed E-state index contributed by atoms with van der Waals surface area (Å²) in [6.45, 7) is 2.85. The number of benzene rings is 1. The van der Waals surface area contributed by atoms with E-state index >= 15 is 0 Å². The maximum absolute atomic E-state index is 14.6. The lowest BCUT2D eigenvalue weighted by Crippen LogP contribution is -2.70. The monoisotopic (exact) mass is 670 g/mol. The number of aromatic nitrogens is 3. The third-order valence-electron chi connectivity index (χ3n) is 11.2. The van der Waals surface area contributed by atoms with Crippen molar-refractivity contribution in [1.82, 2.24) is 19.9 Å². The van der Waals surface area contributed by atoms with Gasteiger partial charge in [-0.05, 0) is 93.1 Å². The van der Waals surface area contributed by atoms with Crippen LogP contribution in [0.1, 0.15) is 67.4 Å². The van der Waals surface area contributed by atoms with Gasteiger partial charge in [-0.15, -0.1) is 0 Å². The largest absolute Gasteiger partial charge is 0.494 e. The number of ether oxygens (including phenoxy) is 3. The van der Waals surface area contributed by atoms with Gasteiger partial charge in [0, 0.05) is 56.3 Å². The van der Waals surface area contributed by atoms with Crippen LogP contribution in [0.2, 0.25) is 0 Å². The first-order valence-electron chi connectivity index (χ1n) is 16.9. The smallest absolute Gasteiger partial charge is 0.434 e. The zero-order valence-corrected chi connectivity index (χ0v) is 26.9. The minimum atomic E-state index is -5.00. The molecule has 0 spiro atoms. The van der Waals surface area contributed by atoms with E-state index in [0.29, 0.717) is 79.9 Å². The van der Waals surface area contributed by atoms with Crippen LogP contribution in [-0.4, -0.2) is 70.6 Å². The Morgan fingerprint density at radius 1 is 1.08 bits per heavy atom. The highest BCUT2D eigenvalue weighted by Gasteiger charge is 2.62. The molecule has 258 valence electrons. The number of carbonyl (C=O) groups excluding carboxylic acids is 1. The van der Waals surface area contributed by atoms with Gasteiger partial charge in [-0.2, -0.15) is 13.2 Å². The average Bonchev–Trinajstić information content (AvgIpc) is 3.42. The average molecular weight is 671 g/mol.